The second-order valence-corrected chi connectivity index (χ2v) is 5.98. The number of hydrogen-bond acceptors (Lipinski definition) is 6. The molecule has 2 aromatic heterocycles. The van der Waals surface area contributed by atoms with Gasteiger partial charge in [-0.15, -0.1) is 0 Å². The molecular weight excluding hydrogens is 332 g/mol. The molecule has 0 saturated carbocycles. The summed E-state index contributed by atoms with van der Waals surface area (Å²) in [5, 5.41) is 8.24. The maximum absolute atomic E-state index is 11.9. The lowest BCUT2D eigenvalue weighted by atomic mass is 10.1. The van der Waals surface area contributed by atoms with Crippen molar-refractivity contribution in [3.05, 3.63) is 58.7 Å². The lowest BCUT2D eigenvalue weighted by molar-refractivity contribution is -0.139. The third-order valence-electron chi connectivity index (χ3n) is 4.14. The Morgan fingerprint density at radius 3 is 2.73 bits per heavy atom. The normalized spacial score (nSPS) is 11.2. The predicted octanol–water partition coefficient (Wildman–Crippen LogP) is 3.15. The number of esters is 1. The minimum atomic E-state index is -0.483. The van der Waals surface area contributed by atoms with E-state index in [1.807, 2.05) is 52.1 Å². The molecule has 0 N–H and O–H groups in total. The summed E-state index contributed by atoms with van der Waals surface area (Å²) in [6.07, 6.45) is 3.07. The van der Waals surface area contributed by atoms with E-state index < -0.39 is 5.97 Å². The third-order valence-corrected chi connectivity index (χ3v) is 4.14. The highest BCUT2D eigenvalue weighted by Gasteiger charge is 2.12. The zero-order valence-electron chi connectivity index (χ0n) is 15.2. The van der Waals surface area contributed by atoms with E-state index in [0.717, 1.165) is 28.1 Å². The first-order valence-electron chi connectivity index (χ1n) is 8.19. The standard InChI is InChI=1S/C19H20N4O3/c1-12-7-5-6-8-15(12)19-20-17(26-22-19)11-25-18(24)10-9-16-13(2)21-23(4)14(16)3/h5-10H,11H2,1-4H3/b10-9+. The summed E-state index contributed by atoms with van der Waals surface area (Å²) < 4.78 is 12.1. The number of hydrogen-bond donors (Lipinski definition) is 0. The van der Waals surface area contributed by atoms with Crippen LogP contribution in [-0.2, 0) is 23.2 Å². The molecule has 3 rings (SSSR count). The number of nitrogens with zero attached hydrogens (tertiary/aromatic N) is 4. The minimum Gasteiger partial charge on any atom is -0.452 e. The Morgan fingerprint density at radius 1 is 1.27 bits per heavy atom. The van der Waals surface area contributed by atoms with Gasteiger partial charge in [0, 0.05) is 29.9 Å². The lowest BCUT2D eigenvalue weighted by Gasteiger charge is -1.98. The maximum Gasteiger partial charge on any atom is 0.331 e. The summed E-state index contributed by atoms with van der Waals surface area (Å²) in [6.45, 7) is 5.73. The van der Waals surface area contributed by atoms with Crippen molar-refractivity contribution in [3.63, 3.8) is 0 Å². The van der Waals surface area contributed by atoms with Crippen molar-refractivity contribution in [2.75, 3.05) is 0 Å². The summed E-state index contributed by atoms with van der Waals surface area (Å²) in [7, 11) is 1.86. The highest BCUT2D eigenvalue weighted by Crippen LogP contribution is 2.20. The average Bonchev–Trinajstić information content (AvgIpc) is 3.17. The van der Waals surface area contributed by atoms with Crippen LogP contribution in [0.5, 0.6) is 0 Å². The van der Waals surface area contributed by atoms with Gasteiger partial charge in [-0.25, -0.2) is 4.79 Å². The zero-order chi connectivity index (χ0) is 18.7. The van der Waals surface area contributed by atoms with Crippen LogP contribution in [0.3, 0.4) is 0 Å². The molecule has 7 nitrogen and oxygen atoms in total. The van der Waals surface area contributed by atoms with Crippen LogP contribution in [0.1, 0.15) is 28.4 Å². The topological polar surface area (TPSA) is 83.0 Å². The molecule has 0 aliphatic carbocycles. The van der Waals surface area contributed by atoms with Crippen molar-refractivity contribution in [3.8, 4) is 11.4 Å². The Bertz CT molecular complexity index is 969. The van der Waals surface area contributed by atoms with E-state index in [9.17, 15) is 4.79 Å². The number of carbonyl (C=O) groups excluding carboxylic acids is 1. The number of aromatic nitrogens is 4. The summed E-state index contributed by atoms with van der Waals surface area (Å²) in [5.41, 5.74) is 4.67. The molecule has 3 aromatic rings. The lowest BCUT2D eigenvalue weighted by Crippen LogP contribution is -2.01. The van der Waals surface area contributed by atoms with Crippen LogP contribution in [0.25, 0.3) is 17.5 Å². The first-order chi connectivity index (χ1) is 12.5. The van der Waals surface area contributed by atoms with E-state index >= 15 is 0 Å². The third kappa shape index (κ3) is 3.72. The molecule has 0 amide bonds. The fourth-order valence-corrected chi connectivity index (χ4v) is 2.61. The molecular formula is C19H20N4O3. The number of carbonyl (C=O) groups is 1. The van der Waals surface area contributed by atoms with Gasteiger partial charge in [0.05, 0.1) is 5.69 Å². The Labute approximate surface area is 151 Å². The highest BCUT2D eigenvalue weighted by molar-refractivity contribution is 5.87. The van der Waals surface area contributed by atoms with E-state index in [-0.39, 0.29) is 12.5 Å². The molecule has 0 atom stereocenters. The van der Waals surface area contributed by atoms with Crippen molar-refractivity contribution in [2.45, 2.75) is 27.4 Å². The van der Waals surface area contributed by atoms with Gasteiger partial charge in [0.1, 0.15) is 0 Å². The molecule has 0 radical (unpaired) electrons. The second-order valence-electron chi connectivity index (χ2n) is 5.98. The second kappa shape index (κ2) is 7.35. The largest absolute Gasteiger partial charge is 0.452 e. The molecule has 7 heteroatoms. The van der Waals surface area contributed by atoms with Gasteiger partial charge >= 0.3 is 5.97 Å². The number of aryl methyl sites for hydroxylation is 3. The molecule has 0 aliphatic heterocycles. The fraction of sp³-hybridized carbons (Fsp3) is 0.263. The molecule has 134 valence electrons. The van der Waals surface area contributed by atoms with Crippen LogP contribution in [0.2, 0.25) is 0 Å². The Morgan fingerprint density at radius 2 is 2.04 bits per heavy atom. The first-order valence-corrected chi connectivity index (χ1v) is 8.19. The van der Waals surface area contributed by atoms with Gasteiger partial charge in [0.25, 0.3) is 5.89 Å². The minimum absolute atomic E-state index is 0.0763. The van der Waals surface area contributed by atoms with Crippen molar-refractivity contribution >= 4 is 12.0 Å². The van der Waals surface area contributed by atoms with Gasteiger partial charge in [0.2, 0.25) is 5.82 Å². The first kappa shape index (κ1) is 17.6. The quantitative estimate of drug-likeness (QED) is 0.518. The predicted molar refractivity (Wildman–Crippen MR) is 96.0 cm³/mol. The molecule has 0 aliphatic rings. The summed E-state index contributed by atoms with van der Waals surface area (Å²) in [4.78, 5) is 16.2. The van der Waals surface area contributed by atoms with Gasteiger partial charge < -0.3 is 9.26 Å². The average molecular weight is 352 g/mol. The van der Waals surface area contributed by atoms with Crippen LogP contribution < -0.4 is 0 Å². The van der Waals surface area contributed by atoms with Crippen molar-refractivity contribution in [2.24, 2.45) is 7.05 Å². The van der Waals surface area contributed by atoms with Gasteiger partial charge in [-0.2, -0.15) is 10.1 Å². The Hall–Kier alpha value is -3.22. The fourth-order valence-electron chi connectivity index (χ4n) is 2.61. The van der Waals surface area contributed by atoms with Crippen LogP contribution in [0.15, 0.2) is 34.9 Å². The summed E-state index contributed by atoms with van der Waals surface area (Å²) >= 11 is 0. The maximum atomic E-state index is 11.9. The molecule has 0 spiro atoms. The van der Waals surface area contributed by atoms with Crippen LogP contribution in [0, 0.1) is 20.8 Å². The molecule has 26 heavy (non-hydrogen) atoms. The summed E-state index contributed by atoms with van der Waals surface area (Å²) in [6, 6.07) is 7.74. The number of rotatable bonds is 5. The highest BCUT2D eigenvalue weighted by atomic mass is 16.6. The van der Waals surface area contributed by atoms with Gasteiger partial charge in [-0.1, -0.05) is 29.4 Å². The molecule has 0 saturated heterocycles. The molecule has 1 aromatic carbocycles. The zero-order valence-corrected chi connectivity index (χ0v) is 15.2. The SMILES string of the molecule is Cc1ccccc1-c1noc(COC(=O)/C=C/c2c(C)nn(C)c2C)n1. The van der Waals surface area contributed by atoms with Gasteiger partial charge in [-0.3, -0.25) is 4.68 Å². The van der Waals surface area contributed by atoms with Crippen LogP contribution in [-0.4, -0.2) is 25.9 Å². The number of benzene rings is 1. The van der Waals surface area contributed by atoms with Crippen molar-refractivity contribution in [1.82, 2.24) is 19.9 Å². The monoisotopic (exact) mass is 352 g/mol. The van der Waals surface area contributed by atoms with Crippen molar-refractivity contribution in [1.29, 1.82) is 0 Å². The smallest absolute Gasteiger partial charge is 0.331 e. The van der Waals surface area contributed by atoms with E-state index in [0.29, 0.717) is 5.82 Å². The molecule has 0 unspecified atom stereocenters. The van der Waals surface area contributed by atoms with Crippen LogP contribution >= 0.6 is 0 Å². The van der Waals surface area contributed by atoms with Gasteiger partial charge in [-0.05, 0) is 32.4 Å². The molecule has 0 fully saturated rings. The van der Waals surface area contributed by atoms with Crippen LogP contribution in [0.4, 0.5) is 0 Å². The van der Waals surface area contributed by atoms with E-state index in [1.54, 1.807) is 10.8 Å². The molecule has 2 heterocycles. The Balaban J connectivity index is 1.62. The molecule has 0 bridgehead atoms. The van der Waals surface area contributed by atoms with E-state index in [4.69, 9.17) is 9.26 Å². The van der Waals surface area contributed by atoms with E-state index in [2.05, 4.69) is 15.2 Å². The van der Waals surface area contributed by atoms with E-state index in [1.165, 1.54) is 6.08 Å². The number of ether oxygens (including phenoxy) is 1. The van der Waals surface area contributed by atoms with Crippen molar-refractivity contribution < 1.29 is 14.1 Å². The van der Waals surface area contributed by atoms with Gasteiger partial charge in [0.15, 0.2) is 6.61 Å². The Kier molecular flexibility index (Phi) is 4.97. The summed E-state index contributed by atoms with van der Waals surface area (Å²) in [5.74, 6) is 0.244.